The number of hydrogen-bond donors (Lipinski definition) is 1. The molecule has 2 unspecified atom stereocenters. The van der Waals surface area contributed by atoms with Crippen LogP contribution in [0, 0.1) is 0 Å². The highest BCUT2D eigenvalue weighted by atomic mass is 19.2. The first kappa shape index (κ1) is 5.95. The SMILES string of the molecule is FC1CCCNC1F. The van der Waals surface area contributed by atoms with E-state index in [4.69, 9.17) is 0 Å². The predicted octanol–water partition coefficient (Wildman–Crippen LogP) is 1.00. The minimum Gasteiger partial charge on any atom is -0.285 e. The fourth-order valence-corrected chi connectivity index (χ4v) is 0.811. The summed E-state index contributed by atoms with van der Waals surface area (Å²) in [7, 11) is 0. The van der Waals surface area contributed by atoms with Gasteiger partial charge in [0.1, 0.15) is 6.17 Å². The zero-order valence-corrected chi connectivity index (χ0v) is 4.53. The fraction of sp³-hybridized carbons (Fsp3) is 1.00. The van der Waals surface area contributed by atoms with Gasteiger partial charge in [-0.2, -0.15) is 0 Å². The van der Waals surface area contributed by atoms with E-state index >= 15 is 0 Å². The highest BCUT2D eigenvalue weighted by Crippen LogP contribution is 2.12. The van der Waals surface area contributed by atoms with Gasteiger partial charge in [0, 0.05) is 0 Å². The monoisotopic (exact) mass is 121 g/mol. The van der Waals surface area contributed by atoms with Gasteiger partial charge in [-0.25, -0.2) is 8.78 Å². The van der Waals surface area contributed by atoms with E-state index in [1.54, 1.807) is 0 Å². The molecule has 48 valence electrons. The Morgan fingerprint density at radius 2 is 2.12 bits per heavy atom. The van der Waals surface area contributed by atoms with Gasteiger partial charge in [0.2, 0.25) is 0 Å². The first-order valence-electron chi connectivity index (χ1n) is 2.82. The lowest BCUT2D eigenvalue weighted by Gasteiger charge is -2.19. The summed E-state index contributed by atoms with van der Waals surface area (Å²) in [6, 6.07) is 0. The van der Waals surface area contributed by atoms with E-state index in [1.807, 2.05) is 0 Å². The van der Waals surface area contributed by atoms with E-state index in [-0.39, 0.29) is 0 Å². The van der Waals surface area contributed by atoms with E-state index in [0.29, 0.717) is 13.0 Å². The molecule has 0 spiro atoms. The molecule has 2 atom stereocenters. The van der Waals surface area contributed by atoms with Crippen molar-refractivity contribution in [1.29, 1.82) is 0 Å². The molecule has 0 bridgehead atoms. The predicted molar refractivity (Wildman–Crippen MR) is 27.0 cm³/mol. The van der Waals surface area contributed by atoms with Gasteiger partial charge in [-0.1, -0.05) is 0 Å². The first-order chi connectivity index (χ1) is 3.80. The topological polar surface area (TPSA) is 12.0 Å². The van der Waals surface area contributed by atoms with E-state index in [1.165, 1.54) is 0 Å². The second-order valence-corrected chi connectivity index (χ2v) is 2.01. The fourth-order valence-electron chi connectivity index (χ4n) is 0.811. The summed E-state index contributed by atoms with van der Waals surface area (Å²) in [4.78, 5) is 0. The van der Waals surface area contributed by atoms with Crippen molar-refractivity contribution in [2.75, 3.05) is 6.54 Å². The molecular weight excluding hydrogens is 112 g/mol. The number of halogens is 2. The third-order valence-corrected chi connectivity index (χ3v) is 1.31. The molecule has 0 aromatic rings. The molecule has 0 radical (unpaired) electrons. The van der Waals surface area contributed by atoms with Gasteiger partial charge in [-0.3, -0.25) is 5.32 Å². The lowest BCUT2D eigenvalue weighted by atomic mass is 10.1. The Hall–Kier alpha value is -0.180. The van der Waals surface area contributed by atoms with Crippen molar-refractivity contribution in [3.8, 4) is 0 Å². The molecule has 1 rings (SSSR count). The van der Waals surface area contributed by atoms with Crippen LogP contribution in [0.1, 0.15) is 12.8 Å². The van der Waals surface area contributed by atoms with E-state index in [2.05, 4.69) is 5.32 Å². The third kappa shape index (κ3) is 1.15. The van der Waals surface area contributed by atoms with Gasteiger partial charge in [0.25, 0.3) is 0 Å². The lowest BCUT2D eigenvalue weighted by molar-refractivity contribution is 0.102. The van der Waals surface area contributed by atoms with Crippen molar-refractivity contribution in [2.45, 2.75) is 25.3 Å². The maximum Gasteiger partial charge on any atom is 0.182 e. The highest BCUT2D eigenvalue weighted by molar-refractivity contribution is 4.71. The molecule has 1 aliphatic rings. The zero-order chi connectivity index (χ0) is 5.98. The first-order valence-corrected chi connectivity index (χ1v) is 2.82. The molecular formula is C5H9F2N. The van der Waals surface area contributed by atoms with Gasteiger partial charge in [-0.15, -0.1) is 0 Å². The van der Waals surface area contributed by atoms with Crippen LogP contribution in [0.25, 0.3) is 0 Å². The number of hydrogen-bond acceptors (Lipinski definition) is 1. The molecule has 0 aromatic heterocycles. The minimum absolute atomic E-state index is 0.369. The Bertz CT molecular complexity index is 66.8. The zero-order valence-electron chi connectivity index (χ0n) is 4.53. The van der Waals surface area contributed by atoms with Gasteiger partial charge in [0.05, 0.1) is 0 Å². The maximum absolute atomic E-state index is 12.1. The van der Waals surface area contributed by atoms with Crippen molar-refractivity contribution in [2.24, 2.45) is 0 Å². The van der Waals surface area contributed by atoms with Gasteiger partial charge >= 0.3 is 0 Å². The van der Waals surface area contributed by atoms with Crippen LogP contribution in [0.4, 0.5) is 8.78 Å². The van der Waals surface area contributed by atoms with Crippen LogP contribution in [0.2, 0.25) is 0 Å². The second-order valence-electron chi connectivity index (χ2n) is 2.01. The van der Waals surface area contributed by atoms with Crippen LogP contribution < -0.4 is 5.32 Å². The smallest absolute Gasteiger partial charge is 0.182 e. The van der Waals surface area contributed by atoms with Crippen LogP contribution in [0.15, 0.2) is 0 Å². The molecule has 1 aliphatic heterocycles. The summed E-state index contributed by atoms with van der Waals surface area (Å²) in [5.41, 5.74) is 0. The number of alkyl halides is 2. The molecule has 8 heavy (non-hydrogen) atoms. The molecule has 0 aromatic carbocycles. The molecule has 0 aliphatic carbocycles. The van der Waals surface area contributed by atoms with Crippen molar-refractivity contribution in [3.05, 3.63) is 0 Å². The largest absolute Gasteiger partial charge is 0.285 e. The molecule has 1 fully saturated rings. The normalized spacial score (nSPS) is 39.8. The summed E-state index contributed by atoms with van der Waals surface area (Å²) in [6.45, 7) is 0.613. The number of nitrogens with one attached hydrogen (secondary N) is 1. The molecule has 1 nitrogen and oxygen atoms in total. The lowest BCUT2D eigenvalue weighted by Crippen LogP contribution is -2.39. The Morgan fingerprint density at radius 3 is 2.50 bits per heavy atom. The van der Waals surface area contributed by atoms with Gasteiger partial charge in [0.15, 0.2) is 6.30 Å². The van der Waals surface area contributed by atoms with Gasteiger partial charge in [-0.05, 0) is 19.4 Å². The summed E-state index contributed by atoms with van der Waals surface area (Å²) in [5, 5.41) is 2.39. The molecule has 0 amide bonds. The van der Waals surface area contributed by atoms with E-state index in [0.717, 1.165) is 6.42 Å². The van der Waals surface area contributed by atoms with Crippen molar-refractivity contribution < 1.29 is 8.78 Å². The standard InChI is InChI=1S/C5H9F2N/c6-4-2-1-3-8-5(4)7/h4-5,8H,1-3H2. The highest BCUT2D eigenvalue weighted by Gasteiger charge is 2.22. The average molecular weight is 121 g/mol. The molecule has 3 heteroatoms. The molecule has 1 saturated heterocycles. The van der Waals surface area contributed by atoms with Crippen LogP contribution in [0.5, 0.6) is 0 Å². The number of piperidine rings is 1. The van der Waals surface area contributed by atoms with Crippen LogP contribution >= 0.6 is 0 Å². The van der Waals surface area contributed by atoms with Crippen molar-refractivity contribution in [3.63, 3.8) is 0 Å². The van der Waals surface area contributed by atoms with Crippen molar-refractivity contribution >= 4 is 0 Å². The van der Waals surface area contributed by atoms with Crippen LogP contribution in [0.3, 0.4) is 0 Å². The molecule has 1 heterocycles. The summed E-state index contributed by atoms with van der Waals surface area (Å²) in [5.74, 6) is 0. The quantitative estimate of drug-likeness (QED) is 0.471. The average Bonchev–Trinajstić information content (AvgIpc) is 1.77. The molecule has 0 saturated carbocycles. The van der Waals surface area contributed by atoms with E-state index < -0.39 is 12.5 Å². The van der Waals surface area contributed by atoms with Crippen molar-refractivity contribution in [1.82, 2.24) is 5.32 Å². The molecule has 1 N–H and O–H groups in total. The third-order valence-electron chi connectivity index (χ3n) is 1.31. The Balaban J connectivity index is 2.28. The summed E-state index contributed by atoms with van der Waals surface area (Å²) >= 11 is 0. The summed E-state index contributed by atoms with van der Waals surface area (Å²) in [6.07, 6.45) is -1.57. The van der Waals surface area contributed by atoms with Crippen LogP contribution in [-0.4, -0.2) is 19.0 Å². The Kier molecular flexibility index (Phi) is 1.78. The van der Waals surface area contributed by atoms with Gasteiger partial charge < -0.3 is 0 Å². The maximum atomic E-state index is 12.1. The van der Waals surface area contributed by atoms with E-state index in [9.17, 15) is 8.78 Å². The summed E-state index contributed by atoms with van der Waals surface area (Å²) < 4.78 is 24.2. The number of rotatable bonds is 0. The second kappa shape index (κ2) is 2.40. The van der Waals surface area contributed by atoms with Crippen LogP contribution in [-0.2, 0) is 0 Å². The minimum atomic E-state index is -1.41. The Labute approximate surface area is 47.1 Å². The Morgan fingerprint density at radius 1 is 1.38 bits per heavy atom.